The highest BCUT2D eigenvalue weighted by molar-refractivity contribution is 8.14. The van der Waals surface area contributed by atoms with E-state index in [0.717, 1.165) is 17.8 Å². The SMILES string of the molecule is C[C@H]1SC(N)=N[C@](C)(c2cc(NC(=O)c3ccc(OCF)cn3)ccc2F)[C@H]1F. The number of ether oxygens (including phenoxy) is 1. The summed E-state index contributed by atoms with van der Waals surface area (Å²) in [4.78, 5) is 20.4. The molecule has 2 heterocycles. The van der Waals surface area contributed by atoms with Crippen LogP contribution < -0.4 is 15.8 Å². The maximum atomic E-state index is 14.9. The monoisotopic (exact) mass is 424 g/mol. The Bertz CT molecular complexity index is 942. The van der Waals surface area contributed by atoms with Crippen molar-refractivity contribution in [2.45, 2.75) is 30.8 Å². The Kier molecular flexibility index (Phi) is 6.02. The molecule has 2 aromatic rings. The van der Waals surface area contributed by atoms with E-state index in [-0.39, 0.29) is 27.9 Å². The summed E-state index contributed by atoms with van der Waals surface area (Å²) in [6, 6.07) is 6.56. The van der Waals surface area contributed by atoms with Crippen molar-refractivity contribution >= 4 is 28.5 Å². The van der Waals surface area contributed by atoms with Crippen LogP contribution in [0.15, 0.2) is 41.5 Å². The van der Waals surface area contributed by atoms with Gasteiger partial charge in [-0.1, -0.05) is 11.8 Å². The molecule has 0 bridgehead atoms. The van der Waals surface area contributed by atoms with Crippen LogP contribution in [0.25, 0.3) is 0 Å². The van der Waals surface area contributed by atoms with Crippen molar-refractivity contribution in [1.82, 2.24) is 4.98 Å². The Morgan fingerprint density at radius 2 is 2.14 bits per heavy atom. The second kappa shape index (κ2) is 8.32. The first-order valence-electron chi connectivity index (χ1n) is 8.67. The molecule has 3 atom stereocenters. The summed E-state index contributed by atoms with van der Waals surface area (Å²) in [7, 11) is 0. The van der Waals surface area contributed by atoms with Gasteiger partial charge in [-0.3, -0.25) is 4.79 Å². The lowest BCUT2D eigenvalue weighted by Gasteiger charge is -2.37. The Hall–Kier alpha value is -2.75. The molecule has 29 heavy (non-hydrogen) atoms. The van der Waals surface area contributed by atoms with Gasteiger partial charge in [0.15, 0.2) is 5.17 Å². The first-order chi connectivity index (χ1) is 13.7. The van der Waals surface area contributed by atoms with Crippen LogP contribution in [0.2, 0.25) is 0 Å². The Labute approximate surface area is 169 Å². The number of hydrogen-bond acceptors (Lipinski definition) is 6. The van der Waals surface area contributed by atoms with Gasteiger partial charge in [-0.15, -0.1) is 0 Å². The average molecular weight is 424 g/mol. The summed E-state index contributed by atoms with van der Waals surface area (Å²) in [6.45, 7) is 2.11. The second-order valence-corrected chi connectivity index (χ2v) is 8.00. The van der Waals surface area contributed by atoms with E-state index in [2.05, 4.69) is 20.0 Å². The summed E-state index contributed by atoms with van der Waals surface area (Å²) in [5.74, 6) is -1.06. The number of aliphatic imine (C=N–C) groups is 1. The predicted molar refractivity (Wildman–Crippen MR) is 106 cm³/mol. The van der Waals surface area contributed by atoms with Crippen LogP contribution in [-0.2, 0) is 5.54 Å². The van der Waals surface area contributed by atoms with Crippen molar-refractivity contribution < 1.29 is 22.7 Å². The smallest absolute Gasteiger partial charge is 0.274 e. The number of carbonyl (C=O) groups is 1. The standard InChI is InChI=1S/C19H19F3N4O2S/c1-10-16(22)19(2,26-18(23)29-10)13-7-11(3-5-14(13)21)25-17(27)15-6-4-12(8-24-15)28-9-20/h3-8,10,16H,9H2,1-2H3,(H2,23,26)(H,25,27)/t10-,16+,19-/m1/s1. The van der Waals surface area contributed by atoms with E-state index in [1.165, 1.54) is 37.4 Å². The van der Waals surface area contributed by atoms with Gasteiger partial charge in [-0.25, -0.2) is 23.1 Å². The van der Waals surface area contributed by atoms with E-state index in [1.807, 2.05) is 0 Å². The highest BCUT2D eigenvalue weighted by Gasteiger charge is 2.45. The third kappa shape index (κ3) is 4.31. The maximum absolute atomic E-state index is 14.9. The minimum Gasteiger partial charge on any atom is -0.461 e. The van der Waals surface area contributed by atoms with Gasteiger partial charge in [-0.05, 0) is 44.2 Å². The van der Waals surface area contributed by atoms with E-state index in [0.29, 0.717) is 0 Å². The zero-order valence-corrected chi connectivity index (χ0v) is 16.5. The first kappa shape index (κ1) is 21.0. The molecule has 3 N–H and O–H groups in total. The highest BCUT2D eigenvalue weighted by atomic mass is 32.2. The molecule has 1 amide bonds. The molecular formula is C19H19F3N4O2S. The summed E-state index contributed by atoms with van der Waals surface area (Å²) < 4.78 is 46.3. The molecule has 0 saturated heterocycles. The molecule has 0 fully saturated rings. The van der Waals surface area contributed by atoms with Gasteiger partial charge >= 0.3 is 0 Å². The summed E-state index contributed by atoms with van der Waals surface area (Å²) in [6.07, 6.45) is -0.275. The number of nitrogens with one attached hydrogen (secondary N) is 1. The molecule has 1 aliphatic heterocycles. The van der Waals surface area contributed by atoms with Gasteiger partial charge in [0.05, 0.1) is 6.20 Å². The number of rotatable bonds is 5. The minimum absolute atomic E-state index is 0.0162. The number of halogens is 3. The van der Waals surface area contributed by atoms with E-state index in [4.69, 9.17) is 5.73 Å². The Balaban J connectivity index is 1.87. The number of pyridine rings is 1. The van der Waals surface area contributed by atoms with Gasteiger partial charge in [0.1, 0.15) is 29.0 Å². The van der Waals surface area contributed by atoms with Crippen molar-refractivity contribution in [3.63, 3.8) is 0 Å². The molecule has 3 rings (SSSR count). The van der Waals surface area contributed by atoms with E-state index >= 15 is 0 Å². The van der Waals surface area contributed by atoms with Crippen molar-refractivity contribution in [2.24, 2.45) is 10.7 Å². The molecule has 1 aliphatic rings. The molecule has 0 unspecified atom stereocenters. The Morgan fingerprint density at radius 3 is 2.79 bits per heavy atom. The second-order valence-electron chi connectivity index (χ2n) is 6.60. The van der Waals surface area contributed by atoms with E-state index < -0.39 is 35.5 Å². The van der Waals surface area contributed by atoms with E-state index in [1.54, 1.807) is 6.92 Å². The largest absolute Gasteiger partial charge is 0.461 e. The van der Waals surface area contributed by atoms with Crippen LogP contribution in [0, 0.1) is 5.82 Å². The van der Waals surface area contributed by atoms with E-state index in [9.17, 15) is 18.0 Å². The fourth-order valence-corrected chi connectivity index (χ4v) is 4.09. The van der Waals surface area contributed by atoms with Crippen molar-refractivity contribution in [2.75, 3.05) is 12.2 Å². The number of alkyl halides is 2. The van der Waals surface area contributed by atoms with Gasteiger partial charge in [0, 0.05) is 16.5 Å². The zero-order chi connectivity index (χ0) is 21.2. The summed E-state index contributed by atoms with van der Waals surface area (Å²) in [5.41, 5.74) is 4.53. The number of hydrogen-bond donors (Lipinski definition) is 2. The fraction of sp³-hybridized carbons (Fsp3) is 0.316. The molecule has 0 spiro atoms. The van der Waals surface area contributed by atoms with Crippen LogP contribution in [0.4, 0.5) is 18.9 Å². The average Bonchev–Trinajstić information content (AvgIpc) is 2.68. The summed E-state index contributed by atoms with van der Waals surface area (Å²) >= 11 is 1.09. The first-order valence-corrected chi connectivity index (χ1v) is 9.55. The number of anilines is 1. The molecule has 10 heteroatoms. The topological polar surface area (TPSA) is 89.6 Å². The molecule has 1 aromatic carbocycles. The molecular weight excluding hydrogens is 405 g/mol. The van der Waals surface area contributed by atoms with Crippen LogP contribution >= 0.6 is 11.8 Å². The predicted octanol–water partition coefficient (Wildman–Crippen LogP) is 3.78. The van der Waals surface area contributed by atoms with Crippen molar-refractivity contribution in [3.8, 4) is 5.75 Å². The lowest BCUT2D eigenvalue weighted by atomic mass is 9.85. The quantitative estimate of drug-likeness (QED) is 0.763. The van der Waals surface area contributed by atoms with Crippen LogP contribution in [0.1, 0.15) is 29.9 Å². The lowest BCUT2D eigenvalue weighted by molar-refractivity contribution is 0.102. The zero-order valence-electron chi connectivity index (χ0n) is 15.7. The molecule has 0 radical (unpaired) electrons. The molecule has 0 saturated carbocycles. The van der Waals surface area contributed by atoms with Gasteiger partial charge in [-0.2, -0.15) is 0 Å². The fourth-order valence-electron chi connectivity index (χ4n) is 3.08. The number of amides is 1. The molecule has 0 aliphatic carbocycles. The number of benzene rings is 1. The number of nitrogens with zero attached hydrogens (tertiary/aromatic N) is 2. The maximum Gasteiger partial charge on any atom is 0.274 e. The molecule has 1 aromatic heterocycles. The lowest BCUT2D eigenvalue weighted by Crippen LogP contribution is -2.44. The summed E-state index contributed by atoms with van der Waals surface area (Å²) in [5, 5.41) is 2.24. The Morgan fingerprint density at radius 1 is 1.38 bits per heavy atom. The number of aromatic nitrogens is 1. The number of nitrogens with two attached hydrogens (primary N) is 1. The molecule has 154 valence electrons. The van der Waals surface area contributed by atoms with Crippen LogP contribution in [-0.4, -0.2) is 34.3 Å². The van der Waals surface area contributed by atoms with Gasteiger partial charge in [0.2, 0.25) is 6.86 Å². The van der Waals surface area contributed by atoms with Gasteiger partial charge in [0.25, 0.3) is 5.91 Å². The number of amidine groups is 1. The van der Waals surface area contributed by atoms with Crippen LogP contribution in [0.3, 0.4) is 0 Å². The van der Waals surface area contributed by atoms with Crippen LogP contribution in [0.5, 0.6) is 5.75 Å². The number of thioether (sulfide) groups is 1. The third-order valence-corrected chi connectivity index (χ3v) is 5.50. The van der Waals surface area contributed by atoms with Gasteiger partial charge < -0.3 is 15.8 Å². The molecule has 6 nitrogen and oxygen atoms in total. The number of carbonyl (C=O) groups excluding carboxylic acids is 1. The minimum atomic E-state index is -1.52. The highest BCUT2D eigenvalue weighted by Crippen LogP contribution is 2.42. The van der Waals surface area contributed by atoms with Crippen molar-refractivity contribution in [1.29, 1.82) is 0 Å². The normalized spacial score (nSPS) is 24.0. The van der Waals surface area contributed by atoms with Crippen molar-refractivity contribution in [3.05, 3.63) is 53.6 Å². The third-order valence-electron chi connectivity index (χ3n) is 4.56.